The molecule has 1 aromatic heterocycles. The van der Waals surface area contributed by atoms with Crippen molar-refractivity contribution >= 4 is 63.1 Å². The van der Waals surface area contributed by atoms with E-state index in [2.05, 4.69) is 10.3 Å². The van der Waals surface area contributed by atoms with Crippen molar-refractivity contribution < 1.29 is 9.59 Å². The first kappa shape index (κ1) is 15.9. The number of ketones is 1. The zero-order valence-electron chi connectivity index (χ0n) is 11.5. The Kier molecular flexibility index (Phi) is 4.31. The molecular formula is C16H9Cl3N2O2. The average Bonchev–Trinajstić information content (AvgIpc) is 2.92. The van der Waals surface area contributed by atoms with Crippen LogP contribution in [0.3, 0.4) is 0 Å². The van der Waals surface area contributed by atoms with Crippen LogP contribution in [0.1, 0.15) is 10.4 Å². The molecular weight excluding hydrogens is 359 g/mol. The highest BCUT2D eigenvalue weighted by Gasteiger charge is 2.21. The highest BCUT2D eigenvalue weighted by Crippen LogP contribution is 2.26. The van der Waals surface area contributed by atoms with Crippen LogP contribution in [0.2, 0.25) is 15.1 Å². The number of fused-ring (bicyclic) bond motifs is 1. The van der Waals surface area contributed by atoms with Crippen molar-refractivity contribution in [2.24, 2.45) is 0 Å². The van der Waals surface area contributed by atoms with Crippen LogP contribution in [0.15, 0.2) is 42.6 Å². The van der Waals surface area contributed by atoms with Crippen molar-refractivity contribution in [1.82, 2.24) is 4.98 Å². The molecule has 0 saturated heterocycles. The lowest BCUT2D eigenvalue weighted by atomic mass is 10.1. The van der Waals surface area contributed by atoms with Gasteiger partial charge in [0.1, 0.15) is 0 Å². The van der Waals surface area contributed by atoms with Crippen molar-refractivity contribution in [3.05, 3.63) is 63.2 Å². The topological polar surface area (TPSA) is 62.0 Å². The lowest BCUT2D eigenvalue weighted by Gasteiger charge is -2.06. The second kappa shape index (κ2) is 6.24. The van der Waals surface area contributed by atoms with E-state index in [-0.39, 0.29) is 10.6 Å². The number of rotatable bonds is 3. The number of nitrogens with one attached hydrogen (secondary N) is 2. The molecule has 2 aromatic carbocycles. The smallest absolute Gasteiger partial charge is 0.296 e. The first-order chi connectivity index (χ1) is 11.0. The summed E-state index contributed by atoms with van der Waals surface area (Å²) < 4.78 is 0. The summed E-state index contributed by atoms with van der Waals surface area (Å²) in [6, 6.07) is 9.64. The van der Waals surface area contributed by atoms with Gasteiger partial charge in [-0.05, 0) is 36.4 Å². The molecule has 116 valence electrons. The highest BCUT2D eigenvalue weighted by molar-refractivity contribution is 6.49. The van der Waals surface area contributed by atoms with Gasteiger partial charge < -0.3 is 10.3 Å². The maximum absolute atomic E-state index is 12.4. The van der Waals surface area contributed by atoms with Crippen LogP contribution < -0.4 is 5.32 Å². The summed E-state index contributed by atoms with van der Waals surface area (Å²) in [7, 11) is 0. The largest absolute Gasteiger partial charge is 0.360 e. The molecule has 0 radical (unpaired) electrons. The molecule has 4 nitrogen and oxygen atoms in total. The second-order valence-corrected chi connectivity index (χ2v) is 6.08. The molecule has 3 rings (SSSR count). The highest BCUT2D eigenvalue weighted by atomic mass is 35.5. The molecule has 1 heterocycles. The van der Waals surface area contributed by atoms with E-state index in [0.29, 0.717) is 21.1 Å². The first-order valence-corrected chi connectivity index (χ1v) is 7.66. The standard InChI is InChI=1S/C16H9Cl3N2O2/c17-8-1-3-13-10(5-8)11(7-20-13)15(22)16(23)21-14-4-2-9(18)6-12(14)19/h1-7,20H,(H,21,23). The predicted molar refractivity (Wildman–Crippen MR) is 92.7 cm³/mol. The Morgan fingerprint density at radius 2 is 1.65 bits per heavy atom. The lowest BCUT2D eigenvalue weighted by Crippen LogP contribution is -2.22. The summed E-state index contributed by atoms with van der Waals surface area (Å²) >= 11 is 17.7. The Labute approximate surface area is 146 Å². The third-order valence-electron chi connectivity index (χ3n) is 3.27. The van der Waals surface area contributed by atoms with Crippen molar-refractivity contribution in [1.29, 1.82) is 0 Å². The molecule has 23 heavy (non-hydrogen) atoms. The maximum Gasteiger partial charge on any atom is 0.296 e. The molecule has 0 aliphatic rings. The van der Waals surface area contributed by atoms with Gasteiger partial charge in [-0.2, -0.15) is 0 Å². The molecule has 0 saturated carbocycles. The Morgan fingerprint density at radius 3 is 2.39 bits per heavy atom. The van der Waals surface area contributed by atoms with E-state index in [1.165, 1.54) is 18.3 Å². The number of Topliss-reactive ketones (excluding diaryl/α,β-unsaturated/α-hetero) is 1. The molecule has 7 heteroatoms. The van der Waals surface area contributed by atoms with Gasteiger partial charge >= 0.3 is 0 Å². The summed E-state index contributed by atoms with van der Waals surface area (Å²) in [5.41, 5.74) is 1.27. The number of carbonyl (C=O) groups is 2. The van der Waals surface area contributed by atoms with Crippen LogP contribution in [0.4, 0.5) is 5.69 Å². The summed E-state index contributed by atoms with van der Waals surface area (Å²) in [6.45, 7) is 0. The van der Waals surface area contributed by atoms with Crippen molar-refractivity contribution in [3.63, 3.8) is 0 Å². The Hall–Kier alpha value is -2.01. The normalized spacial score (nSPS) is 10.7. The average molecular weight is 368 g/mol. The van der Waals surface area contributed by atoms with E-state index >= 15 is 0 Å². The Morgan fingerprint density at radius 1 is 0.957 bits per heavy atom. The SMILES string of the molecule is O=C(Nc1ccc(Cl)cc1Cl)C(=O)c1c[nH]c2ccc(Cl)cc12. The minimum atomic E-state index is -0.796. The summed E-state index contributed by atoms with van der Waals surface area (Å²) in [4.78, 5) is 27.5. The number of aromatic nitrogens is 1. The van der Waals surface area contributed by atoms with Gasteiger partial charge in [-0.25, -0.2) is 0 Å². The van der Waals surface area contributed by atoms with Gasteiger partial charge in [0, 0.05) is 27.1 Å². The van der Waals surface area contributed by atoms with E-state index in [1.807, 2.05) is 0 Å². The van der Waals surface area contributed by atoms with E-state index < -0.39 is 11.7 Å². The van der Waals surface area contributed by atoms with Crippen LogP contribution >= 0.6 is 34.8 Å². The van der Waals surface area contributed by atoms with E-state index in [0.717, 1.165) is 5.52 Å². The zero-order chi connectivity index (χ0) is 16.6. The third kappa shape index (κ3) is 3.20. The molecule has 2 N–H and O–H groups in total. The van der Waals surface area contributed by atoms with E-state index in [1.54, 1.807) is 24.3 Å². The van der Waals surface area contributed by atoms with Gasteiger partial charge in [-0.1, -0.05) is 34.8 Å². The summed E-state index contributed by atoms with van der Waals surface area (Å²) in [5, 5.41) is 4.23. The third-order valence-corrected chi connectivity index (χ3v) is 4.06. The van der Waals surface area contributed by atoms with Gasteiger partial charge in [0.25, 0.3) is 11.7 Å². The second-order valence-electron chi connectivity index (χ2n) is 4.80. The van der Waals surface area contributed by atoms with Crippen LogP contribution in [-0.2, 0) is 4.79 Å². The van der Waals surface area contributed by atoms with Crippen LogP contribution in [0.25, 0.3) is 10.9 Å². The molecule has 0 spiro atoms. The molecule has 0 atom stereocenters. The maximum atomic E-state index is 12.4. The molecule has 3 aromatic rings. The number of H-pyrrole nitrogens is 1. The monoisotopic (exact) mass is 366 g/mol. The number of carbonyl (C=O) groups excluding carboxylic acids is 2. The number of benzene rings is 2. The Balaban J connectivity index is 1.89. The fourth-order valence-corrected chi connectivity index (χ4v) is 2.80. The number of aromatic amines is 1. The number of anilines is 1. The van der Waals surface area contributed by atoms with Gasteiger partial charge in [-0.3, -0.25) is 9.59 Å². The van der Waals surface area contributed by atoms with Gasteiger partial charge in [0.05, 0.1) is 16.3 Å². The number of amides is 1. The molecule has 0 fully saturated rings. The quantitative estimate of drug-likeness (QED) is 0.508. The molecule has 0 unspecified atom stereocenters. The summed E-state index contributed by atoms with van der Waals surface area (Å²) in [5.74, 6) is -1.49. The Bertz CT molecular complexity index is 934. The van der Waals surface area contributed by atoms with E-state index in [9.17, 15) is 9.59 Å². The minimum absolute atomic E-state index is 0.241. The van der Waals surface area contributed by atoms with Crippen LogP contribution in [0, 0.1) is 0 Å². The van der Waals surface area contributed by atoms with Crippen molar-refractivity contribution in [2.45, 2.75) is 0 Å². The molecule has 1 amide bonds. The van der Waals surface area contributed by atoms with Gasteiger partial charge in [-0.15, -0.1) is 0 Å². The number of halogens is 3. The zero-order valence-corrected chi connectivity index (χ0v) is 13.8. The minimum Gasteiger partial charge on any atom is -0.360 e. The molecule has 0 aliphatic heterocycles. The lowest BCUT2D eigenvalue weighted by molar-refractivity contribution is -0.112. The van der Waals surface area contributed by atoms with Crippen molar-refractivity contribution in [2.75, 3.05) is 5.32 Å². The van der Waals surface area contributed by atoms with Gasteiger partial charge in [0.15, 0.2) is 0 Å². The number of hydrogen-bond donors (Lipinski definition) is 2. The summed E-state index contributed by atoms with van der Waals surface area (Å²) in [6.07, 6.45) is 1.48. The van der Waals surface area contributed by atoms with Gasteiger partial charge in [0.2, 0.25) is 0 Å². The molecule has 0 bridgehead atoms. The van der Waals surface area contributed by atoms with Crippen molar-refractivity contribution in [3.8, 4) is 0 Å². The number of hydrogen-bond acceptors (Lipinski definition) is 2. The fraction of sp³-hybridized carbons (Fsp3) is 0. The fourth-order valence-electron chi connectivity index (χ4n) is 2.17. The predicted octanol–water partition coefficient (Wildman–Crippen LogP) is 4.95. The molecule has 0 aliphatic carbocycles. The first-order valence-electron chi connectivity index (χ1n) is 6.53. The van der Waals surface area contributed by atoms with Crippen LogP contribution in [-0.4, -0.2) is 16.7 Å². The van der Waals surface area contributed by atoms with E-state index in [4.69, 9.17) is 34.8 Å². The van der Waals surface area contributed by atoms with Crippen LogP contribution in [0.5, 0.6) is 0 Å².